The van der Waals surface area contributed by atoms with Crippen LogP contribution in [-0.4, -0.2) is 58.2 Å². The molecule has 170 valence electrons. The number of benzene rings is 2. The zero-order valence-electron chi connectivity index (χ0n) is 17.8. The number of halogens is 1. The van der Waals surface area contributed by atoms with Crippen LogP contribution in [-0.2, 0) is 14.8 Å². The molecule has 1 N–H and O–H groups in total. The second-order valence-electron chi connectivity index (χ2n) is 7.31. The van der Waals surface area contributed by atoms with Crippen molar-refractivity contribution < 1.29 is 27.4 Å². The molecular weight excluding hydrogens is 423 g/mol. The molecule has 0 fully saturated rings. The summed E-state index contributed by atoms with van der Waals surface area (Å²) in [7, 11) is -0.533. The molecule has 0 amide bonds. The Labute approximate surface area is 183 Å². The summed E-state index contributed by atoms with van der Waals surface area (Å²) in [5, 5.41) is 8.71. The Morgan fingerprint density at radius 3 is 2.19 bits per heavy atom. The van der Waals surface area contributed by atoms with E-state index in [9.17, 15) is 17.6 Å². The Kier molecular flexibility index (Phi) is 9.26. The maximum atomic E-state index is 13.1. The first-order valence-electron chi connectivity index (χ1n) is 10.1. The number of hydrogen-bond acceptors (Lipinski definition) is 5. The van der Waals surface area contributed by atoms with Gasteiger partial charge < -0.3 is 9.84 Å². The lowest BCUT2D eigenvalue weighted by Crippen LogP contribution is -2.26. The number of rotatable bonds is 13. The van der Waals surface area contributed by atoms with Gasteiger partial charge in [0, 0.05) is 7.05 Å². The minimum Gasteiger partial charge on any atom is -0.494 e. The predicted octanol–water partition coefficient (Wildman–Crippen LogP) is 3.61. The van der Waals surface area contributed by atoms with Crippen molar-refractivity contribution in [3.05, 3.63) is 54.3 Å². The molecule has 9 heteroatoms. The standard InChI is InChI=1S/C22H29FN2O5S/c1-24(17-22(26)27)15-5-3-4-6-16-30-20-11-9-19(10-12-20)25(2)31(28,29)21-13-7-18(23)8-14-21/h7-14H,3-6,15-17H2,1-2H3,(H,26,27). The topological polar surface area (TPSA) is 87.2 Å². The van der Waals surface area contributed by atoms with E-state index in [4.69, 9.17) is 9.84 Å². The van der Waals surface area contributed by atoms with E-state index in [0.29, 0.717) is 18.0 Å². The number of sulfonamides is 1. The van der Waals surface area contributed by atoms with E-state index in [0.717, 1.165) is 48.7 Å². The SMILES string of the molecule is CN(CCCCCCOc1ccc(N(C)S(=O)(=O)c2ccc(F)cc2)cc1)CC(=O)O. The fourth-order valence-corrected chi connectivity index (χ4v) is 4.19. The van der Waals surface area contributed by atoms with Gasteiger partial charge in [-0.15, -0.1) is 0 Å². The number of unbranched alkanes of at least 4 members (excludes halogenated alkanes) is 3. The number of carboxylic acids is 1. The lowest BCUT2D eigenvalue weighted by atomic mass is 10.2. The highest BCUT2D eigenvalue weighted by Gasteiger charge is 2.21. The molecular formula is C22H29FN2O5S. The number of aliphatic carboxylic acids is 1. The zero-order valence-corrected chi connectivity index (χ0v) is 18.6. The number of likely N-dealkylation sites (N-methyl/N-ethyl adjacent to an activating group) is 1. The third-order valence-corrected chi connectivity index (χ3v) is 6.58. The number of carboxylic acid groups (broad SMARTS) is 1. The Hall–Kier alpha value is -2.65. The van der Waals surface area contributed by atoms with Gasteiger partial charge in [-0.05, 0) is 75.0 Å². The van der Waals surface area contributed by atoms with Crippen LogP contribution in [0.1, 0.15) is 25.7 Å². The van der Waals surface area contributed by atoms with E-state index in [-0.39, 0.29) is 11.4 Å². The van der Waals surface area contributed by atoms with Crippen molar-refractivity contribution >= 4 is 21.7 Å². The van der Waals surface area contributed by atoms with Crippen LogP contribution >= 0.6 is 0 Å². The maximum Gasteiger partial charge on any atom is 0.317 e. The quantitative estimate of drug-likeness (QED) is 0.467. The fraction of sp³-hybridized carbons (Fsp3) is 0.409. The average molecular weight is 453 g/mol. The molecule has 0 spiro atoms. The number of ether oxygens (including phenoxy) is 1. The minimum atomic E-state index is -3.77. The molecule has 2 rings (SSSR count). The number of anilines is 1. The largest absolute Gasteiger partial charge is 0.494 e. The van der Waals surface area contributed by atoms with Gasteiger partial charge in [0.2, 0.25) is 0 Å². The van der Waals surface area contributed by atoms with Gasteiger partial charge in [0.25, 0.3) is 10.0 Å². The molecule has 0 aliphatic carbocycles. The Morgan fingerprint density at radius 1 is 0.968 bits per heavy atom. The van der Waals surface area contributed by atoms with Gasteiger partial charge in [0.15, 0.2) is 0 Å². The summed E-state index contributed by atoms with van der Waals surface area (Å²) >= 11 is 0. The van der Waals surface area contributed by atoms with E-state index in [2.05, 4.69) is 0 Å². The van der Waals surface area contributed by atoms with Crippen molar-refractivity contribution in [1.29, 1.82) is 0 Å². The summed E-state index contributed by atoms with van der Waals surface area (Å²) in [5.41, 5.74) is 0.474. The summed E-state index contributed by atoms with van der Waals surface area (Å²) in [5.74, 6) is -0.660. The molecule has 0 radical (unpaired) electrons. The van der Waals surface area contributed by atoms with Gasteiger partial charge in [0.1, 0.15) is 11.6 Å². The van der Waals surface area contributed by atoms with Gasteiger partial charge in [-0.1, -0.05) is 12.8 Å². The van der Waals surface area contributed by atoms with Gasteiger partial charge in [-0.2, -0.15) is 0 Å². The highest BCUT2D eigenvalue weighted by molar-refractivity contribution is 7.92. The van der Waals surface area contributed by atoms with E-state index in [1.165, 1.54) is 19.2 Å². The van der Waals surface area contributed by atoms with Gasteiger partial charge >= 0.3 is 5.97 Å². The molecule has 0 aliphatic heterocycles. The van der Waals surface area contributed by atoms with Crippen molar-refractivity contribution in [3.8, 4) is 5.75 Å². The van der Waals surface area contributed by atoms with Crippen molar-refractivity contribution in [2.75, 3.05) is 38.1 Å². The lowest BCUT2D eigenvalue weighted by molar-refractivity contribution is -0.137. The van der Waals surface area contributed by atoms with E-state index >= 15 is 0 Å². The van der Waals surface area contributed by atoms with Crippen LogP contribution in [0.4, 0.5) is 10.1 Å². The molecule has 0 aliphatic rings. The molecule has 7 nitrogen and oxygen atoms in total. The van der Waals surface area contributed by atoms with Gasteiger partial charge in [0.05, 0.1) is 23.7 Å². The minimum absolute atomic E-state index is 0.0193. The van der Waals surface area contributed by atoms with Gasteiger partial charge in [-0.25, -0.2) is 12.8 Å². The summed E-state index contributed by atoms with van der Waals surface area (Å²) in [6, 6.07) is 11.5. The zero-order chi connectivity index (χ0) is 22.9. The Morgan fingerprint density at radius 2 is 1.58 bits per heavy atom. The normalized spacial score (nSPS) is 11.5. The average Bonchev–Trinajstić information content (AvgIpc) is 2.72. The van der Waals surface area contributed by atoms with Crippen LogP contribution in [0.5, 0.6) is 5.75 Å². The predicted molar refractivity (Wildman–Crippen MR) is 118 cm³/mol. The molecule has 0 bridgehead atoms. The van der Waals surface area contributed by atoms with Crippen molar-refractivity contribution in [2.24, 2.45) is 0 Å². The second kappa shape index (κ2) is 11.7. The molecule has 2 aromatic rings. The molecule has 0 atom stereocenters. The monoisotopic (exact) mass is 452 g/mol. The van der Waals surface area contributed by atoms with Gasteiger partial charge in [-0.3, -0.25) is 14.0 Å². The molecule has 0 unspecified atom stereocenters. The number of hydrogen-bond donors (Lipinski definition) is 1. The van der Waals surface area contributed by atoms with Crippen LogP contribution in [0.15, 0.2) is 53.4 Å². The van der Waals surface area contributed by atoms with E-state index in [1.807, 2.05) is 0 Å². The molecule has 0 saturated carbocycles. The molecule has 0 heterocycles. The van der Waals surface area contributed by atoms with Crippen LogP contribution in [0, 0.1) is 5.82 Å². The Bertz CT molecular complexity index is 933. The Balaban J connectivity index is 1.75. The third kappa shape index (κ3) is 7.84. The second-order valence-corrected chi connectivity index (χ2v) is 9.28. The van der Waals surface area contributed by atoms with Crippen molar-refractivity contribution in [2.45, 2.75) is 30.6 Å². The van der Waals surface area contributed by atoms with E-state index < -0.39 is 21.8 Å². The first kappa shape index (κ1) is 24.6. The van der Waals surface area contributed by atoms with Crippen LogP contribution in [0.2, 0.25) is 0 Å². The summed E-state index contributed by atoms with van der Waals surface area (Å²) in [6.07, 6.45) is 3.80. The summed E-state index contributed by atoms with van der Waals surface area (Å²) in [6.45, 7) is 1.36. The number of nitrogens with zero attached hydrogens (tertiary/aromatic N) is 2. The van der Waals surface area contributed by atoms with Crippen LogP contribution < -0.4 is 9.04 Å². The lowest BCUT2D eigenvalue weighted by Gasteiger charge is -2.20. The van der Waals surface area contributed by atoms with E-state index in [1.54, 1.807) is 36.2 Å². The number of carbonyl (C=O) groups is 1. The molecule has 0 saturated heterocycles. The van der Waals surface area contributed by atoms with Crippen LogP contribution in [0.3, 0.4) is 0 Å². The summed E-state index contributed by atoms with van der Waals surface area (Å²) in [4.78, 5) is 12.4. The third-order valence-electron chi connectivity index (χ3n) is 4.78. The maximum absolute atomic E-state index is 13.1. The van der Waals surface area contributed by atoms with Crippen molar-refractivity contribution in [3.63, 3.8) is 0 Å². The first-order chi connectivity index (χ1) is 14.7. The smallest absolute Gasteiger partial charge is 0.317 e. The first-order valence-corrected chi connectivity index (χ1v) is 11.5. The fourth-order valence-electron chi connectivity index (χ4n) is 2.99. The highest BCUT2D eigenvalue weighted by atomic mass is 32.2. The van der Waals surface area contributed by atoms with Crippen molar-refractivity contribution in [1.82, 2.24) is 4.90 Å². The molecule has 2 aromatic carbocycles. The molecule has 0 aromatic heterocycles. The van der Waals surface area contributed by atoms with Crippen LogP contribution in [0.25, 0.3) is 0 Å². The highest BCUT2D eigenvalue weighted by Crippen LogP contribution is 2.24. The molecule has 31 heavy (non-hydrogen) atoms. The summed E-state index contributed by atoms with van der Waals surface area (Å²) < 4.78 is 45.2.